The van der Waals surface area contributed by atoms with E-state index >= 15 is 0 Å². The summed E-state index contributed by atoms with van der Waals surface area (Å²) in [5.41, 5.74) is -0.811. The van der Waals surface area contributed by atoms with Crippen LogP contribution in [0.3, 0.4) is 0 Å². The largest absolute Gasteiger partial charge is 0.434 e. The molecule has 1 aliphatic heterocycles. The van der Waals surface area contributed by atoms with Gasteiger partial charge in [0, 0.05) is 7.05 Å². The van der Waals surface area contributed by atoms with Crippen LogP contribution in [-0.2, 0) is 11.0 Å². The van der Waals surface area contributed by atoms with E-state index in [1.54, 1.807) is 0 Å². The number of aromatic nitrogens is 2. The van der Waals surface area contributed by atoms with Gasteiger partial charge in [-0.1, -0.05) is 6.07 Å². The summed E-state index contributed by atoms with van der Waals surface area (Å²) in [5, 5.41) is 5.03. The Kier molecular flexibility index (Phi) is 3.40. The number of hydrogen-bond donors (Lipinski definition) is 0. The van der Waals surface area contributed by atoms with Crippen molar-refractivity contribution >= 4 is 5.70 Å². The molecule has 0 radical (unpaired) electrons. The van der Waals surface area contributed by atoms with Crippen LogP contribution in [0.1, 0.15) is 11.3 Å². The van der Waals surface area contributed by atoms with Gasteiger partial charge in [0.25, 0.3) is 0 Å². The van der Waals surface area contributed by atoms with Crippen molar-refractivity contribution in [3.8, 4) is 5.69 Å². The Bertz CT molecular complexity index is 736. The highest BCUT2D eigenvalue weighted by Gasteiger charge is 2.40. The smallest absolute Gasteiger partial charge is 0.269 e. The molecule has 8 heteroatoms. The minimum absolute atomic E-state index is 0.000688. The molecule has 4 nitrogen and oxygen atoms in total. The fraction of sp³-hybridized carbons (Fsp3) is 0.214. The van der Waals surface area contributed by atoms with E-state index in [0.717, 1.165) is 18.3 Å². The van der Waals surface area contributed by atoms with Crippen molar-refractivity contribution in [2.45, 2.75) is 6.18 Å². The van der Waals surface area contributed by atoms with Crippen LogP contribution in [-0.4, -0.2) is 28.5 Å². The number of halogens is 4. The van der Waals surface area contributed by atoms with Crippen LogP contribution in [0.4, 0.5) is 17.6 Å². The highest BCUT2D eigenvalue weighted by atomic mass is 19.4. The molecule has 0 unspecified atom stereocenters. The first-order chi connectivity index (χ1) is 10.4. The normalized spacial score (nSPS) is 15.3. The lowest BCUT2D eigenvalue weighted by Crippen LogP contribution is -2.18. The number of alkyl halides is 3. The number of hydroxylamine groups is 2. The molecule has 2 heterocycles. The lowest BCUT2D eigenvalue weighted by atomic mass is 10.1. The van der Waals surface area contributed by atoms with Gasteiger partial charge in [-0.05, 0) is 24.3 Å². The van der Waals surface area contributed by atoms with E-state index in [4.69, 9.17) is 4.84 Å². The fourth-order valence-corrected chi connectivity index (χ4v) is 2.32. The van der Waals surface area contributed by atoms with Crippen LogP contribution in [0.2, 0.25) is 0 Å². The molecule has 0 atom stereocenters. The minimum atomic E-state index is -4.65. The van der Waals surface area contributed by atoms with Gasteiger partial charge in [-0.25, -0.2) is 9.07 Å². The molecule has 0 amide bonds. The lowest BCUT2D eigenvalue weighted by Gasteiger charge is -2.17. The summed E-state index contributed by atoms with van der Waals surface area (Å²) < 4.78 is 54.4. The molecular formula is C14H11F4N3O. The number of rotatable bonds is 2. The molecular weight excluding hydrogens is 302 g/mol. The highest BCUT2D eigenvalue weighted by Crippen LogP contribution is 2.38. The third kappa shape index (κ3) is 2.45. The van der Waals surface area contributed by atoms with Crippen LogP contribution < -0.4 is 0 Å². The van der Waals surface area contributed by atoms with Crippen molar-refractivity contribution in [2.75, 3.05) is 13.7 Å². The molecule has 2 aromatic rings. The number of hydrogen-bond acceptors (Lipinski definition) is 3. The maximum atomic E-state index is 13.5. The zero-order valence-corrected chi connectivity index (χ0v) is 11.4. The molecule has 1 aliphatic rings. The minimum Gasteiger partial charge on any atom is -0.269 e. The summed E-state index contributed by atoms with van der Waals surface area (Å²) in [4.78, 5) is 5.10. The van der Waals surface area contributed by atoms with Crippen LogP contribution in [0.15, 0.2) is 36.5 Å². The van der Waals surface area contributed by atoms with E-state index in [1.807, 2.05) is 0 Å². The molecule has 1 aromatic heterocycles. The van der Waals surface area contributed by atoms with Gasteiger partial charge in [-0.15, -0.1) is 0 Å². The molecule has 0 saturated carbocycles. The Balaban J connectivity index is 2.18. The molecule has 0 fully saturated rings. The second kappa shape index (κ2) is 5.13. The first-order valence-electron chi connectivity index (χ1n) is 6.36. The topological polar surface area (TPSA) is 30.3 Å². The van der Waals surface area contributed by atoms with Gasteiger partial charge in [0.05, 0.1) is 29.8 Å². The zero-order chi connectivity index (χ0) is 15.9. The lowest BCUT2D eigenvalue weighted by molar-refractivity contribution is -0.143. The standard InChI is InChI=1S/C14H11F4N3O/c1-20-12(5-6-22-20)11-8-19-21(13(11)14(16,17)18)10-4-2-3-9(15)7-10/h2-5,7-8H,6H2,1H3. The monoisotopic (exact) mass is 313 g/mol. The van der Waals surface area contributed by atoms with E-state index in [9.17, 15) is 17.6 Å². The van der Waals surface area contributed by atoms with Crippen LogP contribution in [0, 0.1) is 5.82 Å². The SMILES string of the molecule is CN1OCC=C1c1cnn(-c2cccc(F)c2)c1C(F)(F)F. The third-order valence-electron chi connectivity index (χ3n) is 3.25. The van der Waals surface area contributed by atoms with Gasteiger partial charge >= 0.3 is 6.18 Å². The van der Waals surface area contributed by atoms with Gasteiger partial charge < -0.3 is 0 Å². The van der Waals surface area contributed by atoms with Crippen molar-refractivity contribution in [3.05, 3.63) is 53.6 Å². The average molecular weight is 313 g/mol. The first kappa shape index (κ1) is 14.6. The summed E-state index contributed by atoms with van der Waals surface area (Å²) in [6.45, 7) is 0.189. The van der Waals surface area contributed by atoms with E-state index < -0.39 is 17.7 Å². The van der Waals surface area contributed by atoms with Crippen LogP contribution in [0.25, 0.3) is 11.4 Å². The Morgan fingerprint density at radius 2 is 2.05 bits per heavy atom. The molecule has 22 heavy (non-hydrogen) atoms. The third-order valence-corrected chi connectivity index (χ3v) is 3.25. The fourth-order valence-electron chi connectivity index (χ4n) is 2.32. The average Bonchev–Trinajstić information content (AvgIpc) is 3.03. The summed E-state index contributed by atoms with van der Waals surface area (Å²) in [7, 11) is 1.51. The van der Waals surface area contributed by atoms with Gasteiger partial charge in [0.15, 0.2) is 5.69 Å². The molecule has 0 bridgehead atoms. The van der Waals surface area contributed by atoms with Gasteiger partial charge in [0.2, 0.25) is 0 Å². The molecule has 0 saturated heterocycles. The Labute approximate surface area is 123 Å². The van der Waals surface area contributed by atoms with Crippen LogP contribution >= 0.6 is 0 Å². The van der Waals surface area contributed by atoms with Crippen molar-refractivity contribution in [1.82, 2.24) is 14.8 Å². The van der Waals surface area contributed by atoms with E-state index in [2.05, 4.69) is 5.10 Å². The predicted molar refractivity (Wildman–Crippen MR) is 70.2 cm³/mol. The maximum Gasteiger partial charge on any atom is 0.434 e. The summed E-state index contributed by atoms with van der Waals surface area (Å²) in [5.74, 6) is -0.636. The summed E-state index contributed by atoms with van der Waals surface area (Å²) in [6, 6.07) is 4.84. The second-order valence-corrected chi connectivity index (χ2v) is 4.68. The number of nitrogens with zero attached hydrogens (tertiary/aromatic N) is 3. The molecule has 1 aromatic carbocycles. The van der Waals surface area contributed by atoms with Crippen LogP contribution in [0.5, 0.6) is 0 Å². The maximum absolute atomic E-state index is 13.5. The Morgan fingerprint density at radius 3 is 2.64 bits per heavy atom. The van der Waals surface area contributed by atoms with E-state index in [0.29, 0.717) is 4.68 Å². The summed E-state index contributed by atoms with van der Waals surface area (Å²) in [6.07, 6.45) is -2.02. The van der Waals surface area contributed by atoms with E-state index in [1.165, 1.54) is 30.3 Å². The molecule has 0 N–H and O–H groups in total. The zero-order valence-electron chi connectivity index (χ0n) is 11.4. The number of benzene rings is 1. The molecule has 3 rings (SSSR count). The van der Waals surface area contributed by atoms with Crippen molar-refractivity contribution in [2.24, 2.45) is 0 Å². The Hall–Kier alpha value is -2.35. The van der Waals surface area contributed by atoms with Gasteiger partial charge in [-0.3, -0.25) is 9.90 Å². The Morgan fingerprint density at radius 1 is 1.27 bits per heavy atom. The van der Waals surface area contributed by atoms with Crippen molar-refractivity contribution < 1.29 is 22.4 Å². The second-order valence-electron chi connectivity index (χ2n) is 4.68. The van der Waals surface area contributed by atoms with Gasteiger partial charge in [0.1, 0.15) is 5.82 Å². The molecule has 0 aliphatic carbocycles. The quantitative estimate of drug-likeness (QED) is 0.797. The molecule has 0 spiro atoms. The van der Waals surface area contributed by atoms with Gasteiger partial charge in [-0.2, -0.15) is 18.3 Å². The van der Waals surface area contributed by atoms with E-state index in [-0.39, 0.29) is 23.6 Å². The highest BCUT2D eigenvalue weighted by molar-refractivity contribution is 5.67. The predicted octanol–water partition coefficient (Wildman–Crippen LogP) is 3.25. The van der Waals surface area contributed by atoms with Crippen molar-refractivity contribution in [3.63, 3.8) is 0 Å². The summed E-state index contributed by atoms with van der Waals surface area (Å²) >= 11 is 0. The first-order valence-corrected chi connectivity index (χ1v) is 6.36. The van der Waals surface area contributed by atoms with Crippen molar-refractivity contribution in [1.29, 1.82) is 0 Å². The molecule has 116 valence electrons.